The monoisotopic (exact) mass is 592 g/mol. The third kappa shape index (κ3) is 7.02. The van der Waals surface area contributed by atoms with Gasteiger partial charge in [-0.25, -0.2) is 5.43 Å². The zero-order valence-corrected chi connectivity index (χ0v) is 20.7. The van der Waals surface area contributed by atoms with Crippen LogP contribution < -0.4 is 15.8 Å². The van der Waals surface area contributed by atoms with Gasteiger partial charge in [-0.1, -0.05) is 29.7 Å². The van der Waals surface area contributed by atoms with Crippen molar-refractivity contribution >= 4 is 57.8 Å². The molecule has 13 heteroatoms. The average molecular weight is 592 g/mol. The molecule has 0 spiro atoms. The van der Waals surface area contributed by atoms with E-state index in [-0.39, 0.29) is 17.0 Å². The Morgan fingerprint density at radius 2 is 2.03 bits per heavy atom. The van der Waals surface area contributed by atoms with Gasteiger partial charge in [0.1, 0.15) is 0 Å². The van der Waals surface area contributed by atoms with E-state index in [0.717, 1.165) is 33.7 Å². The van der Waals surface area contributed by atoms with E-state index in [1.807, 2.05) is 28.8 Å². The van der Waals surface area contributed by atoms with Crippen LogP contribution in [0, 0.1) is 13.7 Å². The van der Waals surface area contributed by atoms with E-state index >= 15 is 0 Å². The van der Waals surface area contributed by atoms with Gasteiger partial charge < -0.3 is 15.0 Å². The van der Waals surface area contributed by atoms with Crippen LogP contribution in [0.5, 0.6) is 5.75 Å². The van der Waals surface area contributed by atoms with Gasteiger partial charge in [-0.3, -0.25) is 14.9 Å². The molecular formula is C21H19IN7O4S-. The summed E-state index contributed by atoms with van der Waals surface area (Å²) in [4.78, 5) is 22.4. The lowest BCUT2D eigenvalue weighted by molar-refractivity contribution is -0.385. The van der Waals surface area contributed by atoms with Crippen LogP contribution in [0.15, 0.2) is 65.4 Å². The molecular weight excluding hydrogens is 573 g/mol. The number of hydrazone groups is 1. The number of hydrogen-bond donors (Lipinski definition) is 2. The van der Waals surface area contributed by atoms with Gasteiger partial charge in [-0.05, 0) is 52.4 Å². The SMILES string of the molecule is C=CCn1c(CNc2ccc(I)cc2)nnc1SCC(=O)N/N=C\c1cc([N+](=O)[O-])ccc1[O-]. The van der Waals surface area contributed by atoms with Crippen molar-refractivity contribution in [3.8, 4) is 5.75 Å². The fourth-order valence-corrected chi connectivity index (χ4v) is 3.82. The van der Waals surface area contributed by atoms with Gasteiger partial charge in [-0.15, -0.1) is 16.8 Å². The topological polar surface area (TPSA) is 150 Å². The summed E-state index contributed by atoms with van der Waals surface area (Å²) in [7, 11) is 0. The molecule has 0 fully saturated rings. The molecule has 0 saturated carbocycles. The van der Waals surface area contributed by atoms with Crippen molar-refractivity contribution < 1.29 is 14.8 Å². The van der Waals surface area contributed by atoms with Gasteiger partial charge in [0.05, 0.1) is 23.4 Å². The van der Waals surface area contributed by atoms with Gasteiger partial charge in [0, 0.05) is 27.9 Å². The minimum absolute atomic E-state index is 0.00171. The molecule has 0 saturated heterocycles. The number of nitro groups is 1. The Kier molecular flexibility index (Phi) is 8.98. The number of halogens is 1. The molecule has 0 aliphatic heterocycles. The summed E-state index contributed by atoms with van der Waals surface area (Å²) in [6.45, 7) is 4.68. The Hall–Kier alpha value is -3.46. The highest BCUT2D eigenvalue weighted by molar-refractivity contribution is 14.1. The predicted octanol–water partition coefficient (Wildman–Crippen LogP) is 2.91. The Morgan fingerprint density at radius 1 is 1.26 bits per heavy atom. The highest BCUT2D eigenvalue weighted by Crippen LogP contribution is 2.20. The van der Waals surface area contributed by atoms with E-state index in [2.05, 4.69) is 55.2 Å². The van der Waals surface area contributed by atoms with Crippen LogP contribution in [0.25, 0.3) is 0 Å². The number of hydrogen-bond acceptors (Lipinski definition) is 9. The van der Waals surface area contributed by atoms with Crippen LogP contribution in [-0.4, -0.2) is 37.6 Å². The van der Waals surface area contributed by atoms with Crippen molar-refractivity contribution in [1.29, 1.82) is 0 Å². The number of nitrogens with zero attached hydrogens (tertiary/aromatic N) is 5. The van der Waals surface area contributed by atoms with Crippen molar-refractivity contribution in [1.82, 2.24) is 20.2 Å². The summed E-state index contributed by atoms with van der Waals surface area (Å²) in [5.74, 6) is -0.197. The molecule has 3 rings (SSSR count). The van der Waals surface area contributed by atoms with Crippen LogP contribution in [-0.2, 0) is 17.9 Å². The van der Waals surface area contributed by atoms with Crippen molar-refractivity contribution in [3.05, 3.63) is 80.2 Å². The molecule has 0 aliphatic rings. The van der Waals surface area contributed by atoms with Crippen LogP contribution >= 0.6 is 34.4 Å². The maximum absolute atomic E-state index is 12.2. The molecule has 2 aromatic carbocycles. The Labute approximate surface area is 212 Å². The van der Waals surface area contributed by atoms with E-state index < -0.39 is 16.6 Å². The van der Waals surface area contributed by atoms with E-state index in [1.54, 1.807) is 6.08 Å². The van der Waals surface area contributed by atoms with Gasteiger partial charge in [0.15, 0.2) is 11.0 Å². The number of carbonyl (C=O) groups is 1. The van der Waals surface area contributed by atoms with Gasteiger partial charge in [-0.2, -0.15) is 5.10 Å². The summed E-state index contributed by atoms with van der Waals surface area (Å²) in [6.07, 6.45) is 2.79. The molecule has 1 amide bonds. The number of benzene rings is 2. The summed E-state index contributed by atoms with van der Waals surface area (Å²) in [6, 6.07) is 11.2. The molecule has 0 unspecified atom stereocenters. The first-order valence-electron chi connectivity index (χ1n) is 9.80. The fraction of sp³-hybridized carbons (Fsp3) is 0.143. The van der Waals surface area contributed by atoms with E-state index in [0.29, 0.717) is 24.1 Å². The molecule has 1 aromatic heterocycles. The van der Waals surface area contributed by atoms with E-state index in [9.17, 15) is 20.0 Å². The first-order chi connectivity index (χ1) is 16.4. The fourth-order valence-electron chi connectivity index (χ4n) is 2.70. The summed E-state index contributed by atoms with van der Waals surface area (Å²) < 4.78 is 2.98. The zero-order valence-electron chi connectivity index (χ0n) is 17.7. The third-order valence-corrected chi connectivity index (χ3v) is 6.02. The molecule has 3 aromatic rings. The number of non-ortho nitro benzene ring substituents is 1. The molecule has 34 heavy (non-hydrogen) atoms. The standard InChI is InChI=1S/C21H20IN7O4S/c1-2-9-28-19(12-23-16-5-3-15(22)4-6-16)25-27-21(28)34-13-20(31)26-24-11-14-10-17(29(32)33)7-8-18(14)30/h2-8,10-11,23,30H,1,9,12-13H2,(H,26,31)/p-1/b24-11-. The number of thioether (sulfide) groups is 1. The maximum atomic E-state index is 12.2. The molecule has 0 atom stereocenters. The first-order valence-corrected chi connectivity index (χ1v) is 11.9. The molecule has 0 bridgehead atoms. The number of nitrogens with one attached hydrogen (secondary N) is 2. The number of allylic oxidation sites excluding steroid dienone is 1. The normalized spacial score (nSPS) is 10.9. The smallest absolute Gasteiger partial charge is 0.270 e. The number of amides is 1. The van der Waals surface area contributed by atoms with Crippen molar-refractivity contribution in [2.45, 2.75) is 18.2 Å². The van der Waals surface area contributed by atoms with Crippen LogP contribution in [0.2, 0.25) is 0 Å². The van der Waals surface area contributed by atoms with Crippen LogP contribution in [0.3, 0.4) is 0 Å². The minimum atomic E-state index is -0.615. The first kappa shape index (κ1) is 25.2. The number of aromatic nitrogens is 3. The predicted molar refractivity (Wildman–Crippen MR) is 136 cm³/mol. The Bertz CT molecular complexity index is 1210. The second-order valence-corrected chi connectivity index (χ2v) is 8.91. The number of anilines is 1. The molecule has 1 heterocycles. The van der Waals surface area contributed by atoms with Crippen LogP contribution in [0.4, 0.5) is 11.4 Å². The summed E-state index contributed by atoms with van der Waals surface area (Å²) in [5, 5.41) is 38.5. The zero-order chi connectivity index (χ0) is 24.5. The van der Waals surface area contributed by atoms with Crippen LogP contribution in [0.1, 0.15) is 11.4 Å². The average Bonchev–Trinajstić information content (AvgIpc) is 3.20. The Balaban J connectivity index is 1.57. The second kappa shape index (κ2) is 12.1. The number of rotatable bonds is 11. The third-order valence-electron chi connectivity index (χ3n) is 4.33. The quantitative estimate of drug-likeness (QED) is 0.0862. The van der Waals surface area contributed by atoms with Crippen molar-refractivity contribution in [2.24, 2.45) is 5.10 Å². The number of nitro benzene ring substituents is 1. The van der Waals surface area contributed by atoms with E-state index in [4.69, 9.17) is 0 Å². The molecule has 11 nitrogen and oxygen atoms in total. The lowest BCUT2D eigenvalue weighted by atomic mass is 10.2. The minimum Gasteiger partial charge on any atom is -0.872 e. The molecule has 176 valence electrons. The molecule has 0 radical (unpaired) electrons. The maximum Gasteiger partial charge on any atom is 0.270 e. The molecule has 2 N–H and O–H groups in total. The second-order valence-electron chi connectivity index (χ2n) is 6.72. The highest BCUT2D eigenvalue weighted by Gasteiger charge is 2.13. The highest BCUT2D eigenvalue weighted by atomic mass is 127. The largest absolute Gasteiger partial charge is 0.872 e. The Morgan fingerprint density at radius 3 is 2.74 bits per heavy atom. The van der Waals surface area contributed by atoms with Gasteiger partial charge in [0.2, 0.25) is 0 Å². The molecule has 0 aliphatic carbocycles. The van der Waals surface area contributed by atoms with E-state index in [1.165, 1.54) is 11.8 Å². The lowest BCUT2D eigenvalue weighted by Crippen LogP contribution is -2.20. The number of carbonyl (C=O) groups excluding carboxylic acids is 1. The van der Waals surface area contributed by atoms with Gasteiger partial charge >= 0.3 is 0 Å². The lowest BCUT2D eigenvalue weighted by Gasteiger charge is -2.09. The van der Waals surface area contributed by atoms with Crippen molar-refractivity contribution in [2.75, 3.05) is 11.1 Å². The van der Waals surface area contributed by atoms with Crippen molar-refractivity contribution in [3.63, 3.8) is 0 Å². The van der Waals surface area contributed by atoms with Gasteiger partial charge in [0.25, 0.3) is 11.6 Å². The summed E-state index contributed by atoms with van der Waals surface area (Å²) >= 11 is 3.41. The summed E-state index contributed by atoms with van der Waals surface area (Å²) in [5.41, 5.74) is 3.01.